The van der Waals surface area contributed by atoms with Crippen LogP contribution < -0.4 is 0 Å². The van der Waals surface area contributed by atoms with Crippen molar-refractivity contribution < 1.29 is 35.7 Å². The Kier molecular flexibility index (Phi) is 7.44. The topological polar surface area (TPSA) is 64.2 Å². The van der Waals surface area contributed by atoms with Crippen molar-refractivity contribution in [2.24, 2.45) is 0 Å². The Bertz CT molecular complexity index is 1030. The van der Waals surface area contributed by atoms with E-state index in [2.05, 4.69) is 10.1 Å². The van der Waals surface area contributed by atoms with E-state index in [1.807, 2.05) is 0 Å². The first-order valence-corrected chi connectivity index (χ1v) is 9.98. The molecule has 12 heteroatoms. The molecule has 0 unspecified atom stereocenters. The average molecular weight is 474 g/mol. The van der Waals surface area contributed by atoms with Gasteiger partial charge in [-0.3, -0.25) is 4.79 Å². The van der Waals surface area contributed by atoms with E-state index in [-0.39, 0.29) is 31.7 Å². The molecule has 1 amide bonds. The molecule has 2 heterocycles. The summed E-state index contributed by atoms with van der Waals surface area (Å²) in [6.07, 6.45) is -2.64. The van der Waals surface area contributed by atoms with Crippen LogP contribution in [-0.2, 0) is 23.9 Å². The van der Waals surface area contributed by atoms with E-state index < -0.39 is 23.8 Å². The lowest BCUT2D eigenvalue weighted by atomic mass is 10.0. The SMILES string of the molecule is O=C(N(CCCc1cnoc1-c1ccc(C(F)(F)F)cc1)CCCn1ccnc1)C(F)(F)F. The molecule has 0 saturated heterocycles. The minimum Gasteiger partial charge on any atom is -0.356 e. The van der Waals surface area contributed by atoms with E-state index in [4.69, 9.17) is 4.52 Å². The van der Waals surface area contributed by atoms with E-state index in [0.717, 1.165) is 17.0 Å². The Labute approximate surface area is 184 Å². The summed E-state index contributed by atoms with van der Waals surface area (Å²) in [4.78, 5) is 16.4. The Morgan fingerprint density at radius 1 is 1.03 bits per heavy atom. The summed E-state index contributed by atoms with van der Waals surface area (Å²) in [6.45, 7) is 0.164. The van der Waals surface area contributed by atoms with Gasteiger partial charge < -0.3 is 14.0 Å². The number of amides is 1. The minimum absolute atomic E-state index is 0.0913. The molecule has 0 aliphatic carbocycles. The zero-order valence-electron chi connectivity index (χ0n) is 17.2. The molecule has 2 aromatic heterocycles. The second-order valence-electron chi connectivity index (χ2n) is 7.30. The van der Waals surface area contributed by atoms with Gasteiger partial charge in [0.25, 0.3) is 0 Å². The van der Waals surface area contributed by atoms with Gasteiger partial charge >= 0.3 is 18.3 Å². The van der Waals surface area contributed by atoms with Gasteiger partial charge in [-0.25, -0.2) is 4.98 Å². The molecular formula is C21H20F6N4O2. The number of aryl methyl sites for hydroxylation is 2. The first kappa shape index (κ1) is 24.3. The van der Waals surface area contributed by atoms with Crippen molar-refractivity contribution in [3.63, 3.8) is 0 Å². The molecule has 1 aromatic carbocycles. The minimum atomic E-state index is -4.99. The maximum Gasteiger partial charge on any atom is 0.471 e. The van der Waals surface area contributed by atoms with Gasteiger partial charge in [0.1, 0.15) is 0 Å². The molecule has 0 bridgehead atoms. The predicted molar refractivity (Wildman–Crippen MR) is 105 cm³/mol. The molecule has 0 aliphatic heterocycles. The van der Waals surface area contributed by atoms with Crippen LogP contribution in [0.25, 0.3) is 11.3 Å². The highest BCUT2D eigenvalue weighted by Gasteiger charge is 2.42. The van der Waals surface area contributed by atoms with Crippen LogP contribution in [0.4, 0.5) is 26.3 Å². The molecule has 0 atom stereocenters. The van der Waals surface area contributed by atoms with Crippen LogP contribution in [0.3, 0.4) is 0 Å². The van der Waals surface area contributed by atoms with Crippen molar-refractivity contribution in [2.75, 3.05) is 13.1 Å². The highest BCUT2D eigenvalue weighted by Crippen LogP contribution is 2.32. The number of imidazole rings is 1. The summed E-state index contributed by atoms with van der Waals surface area (Å²) >= 11 is 0. The van der Waals surface area contributed by atoms with Gasteiger partial charge in [0.15, 0.2) is 5.76 Å². The molecule has 3 rings (SSSR count). The van der Waals surface area contributed by atoms with Crippen molar-refractivity contribution in [1.82, 2.24) is 19.6 Å². The van der Waals surface area contributed by atoms with Gasteiger partial charge in [0.2, 0.25) is 0 Å². The van der Waals surface area contributed by atoms with Gasteiger partial charge in [-0.1, -0.05) is 17.3 Å². The summed E-state index contributed by atoms with van der Waals surface area (Å²) in [5.74, 6) is -1.68. The molecule has 6 nitrogen and oxygen atoms in total. The number of benzene rings is 1. The zero-order chi connectivity index (χ0) is 24.1. The number of rotatable bonds is 9. The number of aromatic nitrogens is 3. The quantitative estimate of drug-likeness (QED) is 0.411. The number of alkyl halides is 6. The van der Waals surface area contributed by atoms with Crippen LogP contribution >= 0.6 is 0 Å². The monoisotopic (exact) mass is 474 g/mol. The second kappa shape index (κ2) is 10.1. The van der Waals surface area contributed by atoms with Crippen LogP contribution in [0.15, 0.2) is 53.7 Å². The number of hydrogen-bond acceptors (Lipinski definition) is 4. The summed E-state index contributed by atoms with van der Waals surface area (Å²) in [5.41, 5.74) is 0.0657. The third-order valence-corrected chi connectivity index (χ3v) is 4.93. The Morgan fingerprint density at radius 3 is 2.33 bits per heavy atom. The number of hydrogen-bond donors (Lipinski definition) is 0. The van der Waals surface area contributed by atoms with Gasteiger partial charge in [-0.15, -0.1) is 0 Å². The van der Waals surface area contributed by atoms with E-state index in [1.165, 1.54) is 24.7 Å². The highest BCUT2D eigenvalue weighted by molar-refractivity contribution is 5.81. The Hall–Kier alpha value is -3.31. The lowest BCUT2D eigenvalue weighted by Crippen LogP contribution is -2.42. The molecule has 0 N–H and O–H groups in total. The fourth-order valence-electron chi connectivity index (χ4n) is 3.30. The number of nitrogens with zero attached hydrogens (tertiary/aromatic N) is 4. The second-order valence-corrected chi connectivity index (χ2v) is 7.30. The Balaban J connectivity index is 1.61. The average Bonchev–Trinajstić information content (AvgIpc) is 3.43. The smallest absolute Gasteiger partial charge is 0.356 e. The fraction of sp³-hybridized carbons (Fsp3) is 0.381. The standard InChI is InChI=1S/C21H20F6N4O2/c22-20(23,24)17-6-4-15(5-7-17)18-16(13-29-33-18)3-1-10-31(19(32)21(25,26)27)11-2-9-30-12-8-28-14-30/h4-8,12-14H,1-3,9-11H2. The maximum absolute atomic E-state index is 13.0. The number of carbonyl (C=O) groups excluding carboxylic acids is 1. The summed E-state index contributed by atoms with van der Waals surface area (Å²) in [7, 11) is 0. The number of halogens is 6. The van der Waals surface area contributed by atoms with Crippen LogP contribution in [0, 0.1) is 0 Å². The van der Waals surface area contributed by atoms with Crippen LogP contribution in [0.1, 0.15) is 24.0 Å². The zero-order valence-corrected chi connectivity index (χ0v) is 17.2. The molecule has 0 spiro atoms. The predicted octanol–water partition coefficient (Wildman–Crippen LogP) is 4.97. The molecule has 178 valence electrons. The van der Waals surface area contributed by atoms with Gasteiger partial charge in [-0.2, -0.15) is 26.3 Å². The fourth-order valence-corrected chi connectivity index (χ4v) is 3.30. The molecule has 0 radical (unpaired) electrons. The third-order valence-electron chi connectivity index (χ3n) is 4.93. The van der Waals surface area contributed by atoms with E-state index >= 15 is 0 Å². The summed E-state index contributed by atoms with van der Waals surface area (Å²) in [6, 6.07) is 4.29. The highest BCUT2D eigenvalue weighted by atomic mass is 19.4. The first-order chi connectivity index (χ1) is 15.6. The molecule has 0 saturated carbocycles. The van der Waals surface area contributed by atoms with Crippen molar-refractivity contribution >= 4 is 5.91 Å². The summed E-state index contributed by atoms with van der Waals surface area (Å²) < 4.78 is 84.1. The van der Waals surface area contributed by atoms with E-state index in [0.29, 0.717) is 24.1 Å². The lowest BCUT2D eigenvalue weighted by molar-refractivity contribution is -0.185. The maximum atomic E-state index is 13.0. The van der Waals surface area contributed by atoms with Crippen LogP contribution in [0.5, 0.6) is 0 Å². The Morgan fingerprint density at radius 2 is 1.73 bits per heavy atom. The molecule has 3 aromatic rings. The molecule has 0 fully saturated rings. The van der Waals surface area contributed by atoms with Gasteiger partial charge in [0, 0.05) is 43.2 Å². The summed E-state index contributed by atoms with van der Waals surface area (Å²) in [5, 5.41) is 3.65. The van der Waals surface area contributed by atoms with Gasteiger partial charge in [0.05, 0.1) is 18.1 Å². The largest absolute Gasteiger partial charge is 0.471 e. The molecular weight excluding hydrogens is 454 g/mol. The van der Waals surface area contributed by atoms with Crippen LogP contribution in [-0.4, -0.2) is 44.8 Å². The van der Waals surface area contributed by atoms with E-state index in [1.54, 1.807) is 17.0 Å². The van der Waals surface area contributed by atoms with Gasteiger partial charge in [-0.05, 0) is 31.4 Å². The van der Waals surface area contributed by atoms with Crippen molar-refractivity contribution in [3.05, 3.63) is 60.3 Å². The normalized spacial score (nSPS) is 12.2. The number of carbonyl (C=O) groups is 1. The molecule has 33 heavy (non-hydrogen) atoms. The van der Waals surface area contributed by atoms with Crippen molar-refractivity contribution in [2.45, 2.75) is 38.2 Å². The molecule has 0 aliphatic rings. The third kappa shape index (κ3) is 6.59. The van der Waals surface area contributed by atoms with Crippen molar-refractivity contribution in [1.29, 1.82) is 0 Å². The first-order valence-electron chi connectivity index (χ1n) is 9.98. The van der Waals surface area contributed by atoms with Crippen molar-refractivity contribution in [3.8, 4) is 11.3 Å². The van der Waals surface area contributed by atoms with Crippen LogP contribution in [0.2, 0.25) is 0 Å². The lowest BCUT2D eigenvalue weighted by Gasteiger charge is -2.23. The van der Waals surface area contributed by atoms with E-state index in [9.17, 15) is 31.1 Å².